The van der Waals surface area contributed by atoms with Crippen molar-refractivity contribution < 1.29 is 29.0 Å². The Hall–Kier alpha value is -1.66. The summed E-state index contributed by atoms with van der Waals surface area (Å²) in [5.74, 6) is -1.87. The molecule has 2 atom stereocenters. The second-order valence-electron chi connectivity index (χ2n) is 6.21. The lowest BCUT2D eigenvalue weighted by molar-refractivity contribution is -0.873. The zero-order chi connectivity index (χ0) is 17.2. The van der Waals surface area contributed by atoms with Crippen molar-refractivity contribution in [1.29, 1.82) is 0 Å². The van der Waals surface area contributed by atoms with Gasteiger partial charge in [0.1, 0.15) is 6.54 Å². The van der Waals surface area contributed by atoms with Crippen LogP contribution in [0.4, 0.5) is 0 Å². The molecule has 2 unspecified atom stereocenters. The van der Waals surface area contributed by atoms with Crippen LogP contribution in [-0.4, -0.2) is 61.4 Å². The Labute approximate surface area is 132 Å². The topological polar surface area (TPSA) is 86.7 Å². The summed E-state index contributed by atoms with van der Waals surface area (Å²) in [5, 5.41) is 20.5. The van der Waals surface area contributed by atoms with Gasteiger partial charge in [0, 0.05) is 12.4 Å². The van der Waals surface area contributed by atoms with Crippen LogP contribution in [0.5, 0.6) is 0 Å². The van der Waals surface area contributed by atoms with Crippen LogP contribution in [-0.2, 0) is 14.3 Å². The molecule has 6 nitrogen and oxygen atoms in total. The van der Waals surface area contributed by atoms with Crippen molar-refractivity contribution in [3.63, 3.8) is 0 Å². The van der Waals surface area contributed by atoms with Gasteiger partial charge in [0.05, 0.1) is 33.7 Å². The molecule has 0 saturated heterocycles. The monoisotopic (exact) mass is 313 g/mol. The van der Waals surface area contributed by atoms with E-state index in [1.54, 1.807) is 12.2 Å². The number of quaternary nitrogens is 1. The van der Waals surface area contributed by atoms with Gasteiger partial charge in [-0.25, -0.2) is 0 Å². The molecule has 0 aliphatic rings. The average Bonchev–Trinajstić information content (AvgIpc) is 2.31. The molecule has 0 heterocycles. The molecule has 0 rings (SSSR count). The summed E-state index contributed by atoms with van der Waals surface area (Å²) in [6, 6.07) is 0. The predicted molar refractivity (Wildman–Crippen MR) is 81.6 cm³/mol. The van der Waals surface area contributed by atoms with Crippen molar-refractivity contribution in [2.45, 2.75) is 38.4 Å². The third-order valence-electron chi connectivity index (χ3n) is 2.69. The summed E-state index contributed by atoms with van der Waals surface area (Å²) in [5.41, 5.74) is 0. The first-order chi connectivity index (χ1) is 10.1. The van der Waals surface area contributed by atoms with Crippen molar-refractivity contribution in [2.24, 2.45) is 0 Å². The molecule has 0 spiro atoms. The minimum Gasteiger partial charge on any atom is -0.550 e. The number of carbonyl (C=O) groups is 2. The first kappa shape index (κ1) is 20.3. The standard InChI is InChI=1S/C16H27NO5/c1-5-6-7-8-9-13(18)10-16(21)22-14(11-15(19)20)12-17(2,3)4/h5-8,13-14,18H,9-12H2,1-4H3/b6-5+,8-7+. The third-order valence-corrected chi connectivity index (χ3v) is 2.69. The zero-order valence-corrected chi connectivity index (χ0v) is 13.8. The van der Waals surface area contributed by atoms with Gasteiger partial charge in [0.2, 0.25) is 0 Å². The van der Waals surface area contributed by atoms with E-state index in [0.29, 0.717) is 17.4 Å². The molecule has 0 aromatic carbocycles. The normalized spacial score (nSPS) is 15.1. The minimum atomic E-state index is -1.26. The van der Waals surface area contributed by atoms with Gasteiger partial charge in [0.25, 0.3) is 0 Å². The maximum absolute atomic E-state index is 11.8. The van der Waals surface area contributed by atoms with Crippen LogP contribution < -0.4 is 5.11 Å². The Morgan fingerprint density at radius 3 is 2.36 bits per heavy atom. The highest BCUT2D eigenvalue weighted by molar-refractivity contribution is 5.71. The maximum atomic E-state index is 11.8. The number of ether oxygens (including phenoxy) is 1. The molecule has 0 radical (unpaired) electrons. The van der Waals surface area contributed by atoms with Gasteiger partial charge in [-0.1, -0.05) is 24.3 Å². The van der Waals surface area contributed by atoms with Crippen LogP contribution >= 0.6 is 0 Å². The van der Waals surface area contributed by atoms with Crippen LogP contribution in [0, 0.1) is 0 Å². The fourth-order valence-electron chi connectivity index (χ4n) is 1.88. The van der Waals surface area contributed by atoms with E-state index >= 15 is 0 Å². The summed E-state index contributed by atoms with van der Waals surface area (Å²) in [6.07, 6.45) is 5.42. The summed E-state index contributed by atoms with van der Waals surface area (Å²) in [6.45, 7) is 2.24. The number of hydrogen-bond donors (Lipinski definition) is 1. The van der Waals surface area contributed by atoms with Crippen LogP contribution in [0.3, 0.4) is 0 Å². The number of aliphatic hydroxyl groups is 1. The number of esters is 1. The van der Waals surface area contributed by atoms with Gasteiger partial charge in [-0.2, -0.15) is 0 Å². The molecule has 0 aliphatic carbocycles. The van der Waals surface area contributed by atoms with E-state index in [9.17, 15) is 19.8 Å². The van der Waals surface area contributed by atoms with Crippen molar-refractivity contribution in [3.8, 4) is 0 Å². The van der Waals surface area contributed by atoms with E-state index < -0.39 is 24.1 Å². The second kappa shape index (κ2) is 10.1. The molecule has 1 N–H and O–H groups in total. The Kier molecular flexibility index (Phi) is 9.37. The number of likely N-dealkylation sites (N-methyl/N-ethyl adjacent to an activating group) is 1. The fourth-order valence-corrected chi connectivity index (χ4v) is 1.88. The summed E-state index contributed by atoms with van der Waals surface area (Å²) >= 11 is 0. The molecule has 0 aromatic heterocycles. The first-order valence-corrected chi connectivity index (χ1v) is 7.29. The zero-order valence-electron chi connectivity index (χ0n) is 13.8. The van der Waals surface area contributed by atoms with E-state index in [2.05, 4.69) is 0 Å². The molecule has 0 bridgehead atoms. The largest absolute Gasteiger partial charge is 0.550 e. The lowest BCUT2D eigenvalue weighted by Crippen LogP contribution is -2.45. The molecule has 0 fully saturated rings. The summed E-state index contributed by atoms with van der Waals surface area (Å²) in [4.78, 5) is 22.5. The Morgan fingerprint density at radius 1 is 1.23 bits per heavy atom. The van der Waals surface area contributed by atoms with Gasteiger partial charge in [-0.3, -0.25) is 4.79 Å². The number of nitrogens with zero attached hydrogens (tertiary/aromatic N) is 1. The number of carboxylic acid groups (broad SMARTS) is 1. The second-order valence-corrected chi connectivity index (χ2v) is 6.21. The molecule has 0 aliphatic heterocycles. The molecular formula is C16H27NO5. The predicted octanol–water partition coefficient (Wildman–Crippen LogP) is 0.0178. The van der Waals surface area contributed by atoms with Gasteiger partial charge in [-0.15, -0.1) is 0 Å². The molecule has 6 heteroatoms. The quantitative estimate of drug-likeness (QED) is 0.349. The minimum absolute atomic E-state index is 0.166. The third kappa shape index (κ3) is 12.1. The lowest BCUT2D eigenvalue weighted by atomic mass is 10.1. The lowest BCUT2D eigenvalue weighted by Gasteiger charge is -2.29. The van der Waals surface area contributed by atoms with E-state index in [1.165, 1.54) is 0 Å². The summed E-state index contributed by atoms with van der Waals surface area (Å²) in [7, 11) is 5.62. The molecule has 22 heavy (non-hydrogen) atoms. The maximum Gasteiger partial charge on any atom is 0.308 e. The van der Waals surface area contributed by atoms with Crippen LogP contribution in [0.1, 0.15) is 26.2 Å². The van der Waals surface area contributed by atoms with Gasteiger partial charge >= 0.3 is 5.97 Å². The van der Waals surface area contributed by atoms with E-state index in [-0.39, 0.29) is 12.8 Å². The van der Waals surface area contributed by atoms with Crippen molar-refractivity contribution in [3.05, 3.63) is 24.3 Å². The number of hydrogen-bond acceptors (Lipinski definition) is 5. The van der Waals surface area contributed by atoms with Crippen molar-refractivity contribution >= 4 is 11.9 Å². The Bertz CT molecular complexity index is 409. The van der Waals surface area contributed by atoms with Gasteiger partial charge in [0.15, 0.2) is 6.10 Å². The highest BCUT2D eigenvalue weighted by atomic mass is 16.5. The van der Waals surface area contributed by atoms with Crippen LogP contribution in [0.2, 0.25) is 0 Å². The van der Waals surface area contributed by atoms with E-state index in [4.69, 9.17) is 4.74 Å². The van der Waals surface area contributed by atoms with Gasteiger partial charge in [-0.05, 0) is 13.3 Å². The summed E-state index contributed by atoms with van der Waals surface area (Å²) < 4.78 is 5.62. The molecule has 0 amide bonds. The molecule has 0 aromatic rings. The van der Waals surface area contributed by atoms with Crippen molar-refractivity contribution in [2.75, 3.05) is 27.7 Å². The number of aliphatic hydroxyl groups excluding tert-OH is 1. The SMILES string of the molecule is C/C=C/C=C/CC(O)CC(=O)OC(CC(=O)[O-])C[N+](C)(C)C. The Morgan fingerprint density at radius 2 is 1.86 bits per heavy atom. The number of rotatable bonds is 10. The van der Waals surface area contributed by atoms with Crippen LogP contribution in [0.25, 0.3) is 0 Å². The highest BCUT2D eigenvalue weighted by Gasteiger charge is 2.23. The van der Waals surface area contributed by atoms with E-state index in [1.807, 2.05) is 40.2 Å². The molecule has 0 saturated carbocycles. The number of carbonyl (C=O) groups excluding carboxylic acids is 2. The number of aliphatic carboxylic acids is 1. The fraction of sp³-hybridized carbons (Fsp3) is 0.625. The van der Waals surface area contributed by atoms with E-state index in [0.717, 1.165) is 0 Å². The smallest absolute Gasteiger partial charge is 0.308 e. The highest BCUT2D eigenvalue weighted by Crippen LogP contribution is 2.08. The average molecular weight is 313 g/mol. The van der Waals surface area contributed by atoms with Gasteiger partial charge < -0.3 is 24.2 Å². The van der Waals surface area contributed by atoms with Crippen LogP contribution in [0.15, 0.2) is 24.3 Å². The molecular weight excluding hydrogens is 286 g/mol. The molecule has 126 valence electrons. The van der Waals surface area contributed by atoms with Crippen molar-refractivity contribution in [1.82, 2.24) is 0 Å². The number of carboxylic acids is 1. The first-order valence-electron chi connectivity index (χ1n) is 7.29. The number of allylic oxidation sites excluding steroid dienone is 3. The Balaban J connectivity index is 4.40.